The molecule has 1 aromatic heterocycles. The Hall–Kier alpha value is -2.22. The molecule has 1 fully saturated rings. The molecule has 2 aromatic rings. The van der Waals surface area contributed by atoms with Crippen molar-refractivity contribution in [3.63, 3.8) is 0 Å². The van der Waals surface area contributed by atoms with Gasteiger partial charge in [-0.05, 0) is 24.6 Å². The molecule has 1 aromatic carbocycles. The molecule has 4 rings (SSSR count). The Morgan fingerprint density at radius 3 is 2.83 bits per heavy atom. The molecule has 0 radical (unpaired) electrons. The number of amides is 1. The number of aryl methyl sites for hydroxylation is 1. The van der Waals surface area contributed by atoms with Gasteiger partial charge in [-0.3, -0.25) is 14.6 Å². The second-order valence-corrected chi connectivity index (χ2v) is 7.74. The van der Waals surface area contributed by atoms with Crippen molar-refractivity contribution in [2.45, 2.75) is 26.4 Å². The molecule has 0 saturated carbocycles. The largest absolute Gasteiger partial charge is 0.465 e. The van der Waals surface area contributed by atoms with Crippen LogP contribution in [0.1, 0.15) is 33.0 Å². The topological polar surface area (TPSA) is 58.0 Å². The lowest BCUT2D eigenvalue weighted by Crippen LogP contribution is -2.41. The summed E-state index contributed by atoms with van der Waals surface area (Å²) in [5.41, 5.74) is 2.56. The minimum absolute atomic E-state index is 0.0756. The van der Waals surface area contributed by atoms with E-state index in [0.717, 1.165) is 62.7 Å². The zero-order valence-electron chi connectivity index (χ0n) is 16.9. The van der Waals surface area contributed by atoms with E-state index in [-0.39, 0.29) is 11.7 Å². The predicted octanol–water partition coefficient (Wildman–Crippen LogP) is 2.35. The molecule has 29 heavy (non-hydrogen) atoms. The number of nitrogens with zero attached hydrogens (tertiary/aromatic N) is 2. The lowest BCUT2D eigenvalue weighted by atomic mass is 10.0. The van der Waals surface area contributed by atoms with Crippen molar-refractivity contribution in [3.05, 3.63) is 58.3 Å². The van der Waals surface area contributed by atoms with Crippen molar-refractivity contribution in [3.8, 4) is 0 Å². The molecule has 3 heterocycles. The van der Waals surface area contributed by atoms with E-state index in [0.29, 0.717) is 31.0 Å². The highest BCUT2D eigenvalue weighted by molar-refractivity contribution is 5.97. The van der Waals surface area contributed by atoms with Crippen LogP contribution in [0.4, 0.5) is 4.39 Å². The van der Waals surface area contributed by atoms with Gasteiger partial charge in [0.15, 0.2) is 0 Å². The molecule has 0 spiro atoms. The summed E-state index contributed by atoms with van der Waals surface area (Å²) in [6.45, 7) is 8.71. The Morgan fingerprint density at radius 1 is 1.21 bits per heavy atom. The smallest absolute Gasteiger partial charge is 0.255 e. The number of ether oxygens (including phenoxy) is 1. The van der Waals surface area contributed by atoms with E-state index in [1.54, 1.807) is 12.1 Å². The first-order chi connectivity index (χ1) is 14.1. The fourth-order valence-electron chi connectivity index (χ4n) is 4.15. The number of nitrogens with one attached hydrogen (secondary N) is 1. The monoisotopic (exact) mass is 401 g/mol. The molecule has 1 amide bonds. The van der Waals surface area contributed by atoms with Crippen LogP contribution in [0.5, 0.6) is 0 Å². The van der Waals surface area contributed by atoms with Gasteiger partial charge in [0.2, 0.25) is 0 Å². The van der Waals surface area contributed by atoms with Gasteiger partial charge in [-0.1, -0.05) is 12.1 Å². The summed E-state index contributed by atoms with van der Waals surface area (Å²) in [7, 11) is 0. The SMILES string of the molecule is Cc1oc2c(c1C(=O)NCCN1CCOCC1)CN(Cc1cccc(F)c1)CC2. The molecule has 0 atom stereocenters. The van der Waals surface area contributed by atoms with Gasteiger partial charge < -0.3 is 14.5 Å². The molecule has 0 aliphatic carbocycles. The maximum absolute atomic E-state index is 13.5. The quantitative estimate of drug-likeness (QED) is 0.805. The maximum atomic E-state index is 13.5. The first kappa shape index (κ1) is 20.1. The average Bonchev–Trinajstić information content (AvgIpc) is 3.04. The van der Waals surface area contributed by atoms with E-state index in [1.165, 1.54) is 6.07 Å². The molecule has 0 bridgehead atoms. The zero-order valence-corrected chi connectivity index (χ0v) is 16.9. The molecular weight excluding hydrogens is 373 g/mol. The first-order valence-electron chi connectivity index (χ1n) is 10.3. The number of carbonyl (C=O) groups excluding carboxylic acids is 1. The van der Waals surface area contributed by atoms with E-state index in [9.17, 15) is 9.18 Å². The Balaban J connectivity index is 1.39. The predicted molar refractivity (Wildman–Crippen MR) is 107 cm³/mol. The normalized spacial score (nSPS) is 17.9. The van der Waals surface area contributed by atoms with Crippen LogP contribution in [0.3, 0.4) is 0 Å². The van der Waals surface area contributed by atoms with Crippen LogP contribution in [-0.2, 0) is 24.2 Å². The average molecular weight is 401 g/mol. The summed E-state index contributed by atoms with van der Waals surface area (Å²) in [5.74, 6) is 1.27. The fourth-order valence-corrected chi connectivity index (χ4v) is 4.15. The number of benzene rings is 1. The molecule has 7 heteroatoms. The summed E-state index contributed by atoms with van der Waals surface area (Å²) >= 11 is 0. The van der Waals surface area contributed by atoms with Crippen LogP contribution in [-0.4, -0.2) is 61.6 Å². The lowest BCUT2D eigenvalue weighted by molar-refractivity contribution is 0.0383. The van der Waals surface area contributed by atoms with Gasteiger partial charge in [-0.2, -0.15) is 0 Å². The van der Waals surface area contributed by atoms with Gasteiger partial charge in [0.1, 0.15) is 17.3 Å². The molecule has 1 saturated heterocycles. The van der Waals surface area contributed by atoms with E-state index < -0.39 is 0 Å². The Morgan fingerprint density at radius 2 is 2.03 bits per heavy atom. The number of carbonyl (C=O) groups is 1. The van der Waals surface area contributed by atoms with Crippen LogP contribution in [0, 0.1) is 12.7 Å². The number of rotatable bonds is 6. The molecule has 6 nitrogen and oxygen atoms in total. The number of hydrogen-bond acceptors (Lipinski definition) is 5. The molecule has 156 valence electrons. The minimum atomic E-state index is -0.223. The summed E-state index contributed by atoms with van der Waals surface area (Å²) in [6.07, 6.45) is 0.756. The molecule has 1 N–H and O–H groups in total. The number of morpholine rings is 1. The summed E-state index contributed by atoms with van der Waals surface area (Å²) in [5, 5.41) is 3.05. The fraction of sp³-hybridized carbons (Fsp3) is 0.500. The Kier molecular flexibility index (Phi) is 6.28. The lowest BCUT2D eigenvalue weighted by Gasteiger charge is -2.27. The number of fused-ring (bicyclic) bond motifs is 1. The number of hydrogen-bond donors (Lipinski definition) is 1. The molecular formula is C22H28FN3O3. The van der Waals surface area contributed by atoms with Crippen molar-refractivity contribution in [1.29, 1.82) is 0 Å². The third-order valence-electron chi connectivity index (χ3n) is 5.64. The van der Waals surface area contributed by atoms with Crippen LogP contribution in [0.25, 0.3) is 0 Å². The van der Waals surface area contributed by atoms with E-state index in [1.807, 2.05) is 13.0 Å². The van der Waals surface area contributed by atoms with Gasteiger partial charge >= 0.3 is 0 Å². The zero-order chi connectivity index (χ0) is 20.2. The van der Waals surface area contributed by atoms with E-state index in [2.05, 4.69) is 15.1 Å². The van der Waals surface area contributed by atoms with Crippen molar-refractivity contribution >= 4 is 5.91 Å². The highest BCUT2D eigenvalue weighted by atomic mass is 19.1. The van der Waals surface area contributed by atoms with Crippen LogP contribution in [0.2, 0.25) is 0 Å². The van der Waals surface area contributed by atoms with E-state index in [4.69, 9.17) is 9.15 Å². The second-order valence-electron chi connectivity index (χ2n) is 7.74. The molecule has 2 aliphatic rings. The van der Waals surface area contributed by atoms with Crippen molar-refractivity contribution in [1.82, 2.24) is 15.1 Å². The van der Waals surface area contributed by atoms with Crippen molar-refractivity contribution in [2.24, 2.45) is 0 Å². The number of halogens is 1. The first-order valence-corrected chi connectivity index (χ1v) is 10.3. The summed E-state index contributed by atoms with van der Waals surface area (Å²) in [4.78, 5) is 17.4. The summed E-state index contributed by atoms with van der Waals surface area (Å²) in [6, 6.07) is 6.68. The third kappa shape index (κ3) is 4.86. The minimum Gasteiger partial charge on any atom is -0.465 e. The van der Waals surface area contributed by atoms with E-state index >= 15 is 0 Å². The van der Waals surface area contributed by atoms with Crippen LogP contribution in [0.15, 0.2) is 28.7 Å². The highest BCUT2D eigenvalue weighted by Gasteiger charge is 2.28. The molecule has 0 unspecified atom stereocenters. The van der Waals surface area contributed by atoms with Gasteiger partial charge in [-0.15, -0.1) is 0 Å². The Bertz CT molecular complexity index is 861. The van der Waals surface area contributed by atoms with Crippen molar-refractivity contribution < 1.29 is 18.3 Å². The van der Waals surface area contributed by atoms with Gasteiger partial charge in [0.25, 0.3) is 5.91 Å². The third-order valence-corrected chi connectivity index (χ3v) is 5.64. The van der Waals surface area contributed by atoms with Gasteiger partial charge in [-0.25, -0.2) is 4.39 Å². The molecule has 2 aliphatic heterocycles. The number of furan rings is 1. The van der Waals surface area contributed by atoms with Gasteiger partial charge in [0.05, 0.1) is 18.8 Å². The van der Waals surface area contributed by atoms with Crippen LogP contribution >= 0.6 is 0 Å². The summed E-state index contributed by atoms with van der Waals surface area (Å²) < 4.78 is 24.7. The maximum Gasteiger partial charge on any atom is 0.255 e. The second kappa shape index (κ2) is 9.07. The Labute approximate surface area is 170 Å². The van der Waals surface area contributed by atoms with Crippen molar-refractivity contribution in [2.75, 3.05) is 45.9 Å². The highest BCUT2D eigenvalue weighted by Crippen LogP contribution is 2.29. The van der Waals surface area contributed by atoms with Gasteiger partial charge in [0, 0.05) is 57.8 Å². The standard InChI is InChI=1S/C22H28FN3O3/c1-16-21(22(27)24-6-8-25-9-11-28-12-10-25)19-15-26(7-5-20(19)29-16)14-17-3-2-4-18(23)13-17/h2-4,13H,5-12,14-15H2,1H3,(H,24,27). The van der Waals surface area contributed by atoms with Crippen LogP contribution < -0.4 is 5.32 Å².